The predicted molar refractivity (Wildman–Crippen MR) is 125 cm³/mol. The molecule has 160 valence electrons. The molecule has 3 rings (SSSR count). The van der Waals surface area contributed by atoms with E-state index in [1.54, 1.807) is 5.56 Å². The summed E-state index contributed by atoms with van der Waals surface area (Å²) in [5.41, 5.74) is 2.83. The van der Waals surface area contributed by atoms with Crippen LogP contribution in [-0.4, -0.2) is 6.61 Å². The lowest BCUT2D eigenvalue weighted by Gasteiger charge is -2.38. The van der Waals surface area contributed by atoms with E-state index in [4.69, 9.17) is 4.74 Å². The van der Waals surface area contributed by atoms with E-state index in [0.29, 0.717) is 0 Å². The van der Waals surface area contributed by atoms with Gasteiger partial charge in [0.2, 0.25) is 0 Å². The zero-order chi connectivity index (χ0) is 20.3. The van der Waals surface area contributed by atoms with Gasteiger partial charge in [-0.3, -0.25) is 0 Å². The summed E-state index contributed by atoms with van der Waals surface area (Å²) >= 11 is 0. The molecule has 0 aliphatic heterocycles. The van der Waals surface area contributed by atoms with Gasteiger partial charge >= 0.3 is 0 Å². The van der Waals surface area contributed by atoms with Gasteiger partial charge in [0, 0.05) is 0 Å². The number of rotatable bonds is 10. The van der Waals surface area contributed by atoms with E-state index >= 15 is 0 Å². The van der Waals surface area contributed by atoms with E-state index in [0.717, 1.165) is 43.3 Å². The van der Waals surface area contributed by atoms with Gasteiger partial charge in [-0.2, -0.15) is 0 Å². The van der Waals surface area contributed by atoms with Crippen molar-refractivity contribution in [1.82, 2.24) is 0 Å². The van der Waals surface area contributed by atoms with E-state index in [1.807, 2.05) is 6.08 Å². The van der Waals surface area contributed by atoms with Gasteiger partial charge in [0.1, 0.15) is 0 Å². The first kappa shape index (κ1) is 22.3. The summed E-state index contributed by atoms with van der Waals surface area (Å²) in [6, 6.07) is 9.24. The Morgan fingerprint density at radius 3 is 2.17 bits per heavy atom. The predicted octanol–water partition coefficient (Wildman–Crippen LogP) is 8.22. The van der Waals surface area contributed by atoms with Gasteiger partial charge in [-0.1, -0.05) is 49.4 Å². The van der Waals surface area contributed by atoms with E-state index in [1.165, 1.54) is 69.8 Å². The van der Waals surface area contributed by atoms with Gasteiger partial charge < -0.3 is 4.74 Å². The number of hydrogen-bond acceptors (Lipinski definition) is 1. The van der Waals surface area contributed by atoms with Crippen LogP contribution in [0, 0.1) is 17.8 Å². The third-order valence-corrected chi connectivity index (χ3v) is 7.39. The molecule has 2 saturated carbocycles. The Hall–Kier alpha value is -1.34. The molecule has 0 spiro atoms. The second-order valence-electron chi connectivity index (χ2n) is 9.38. The second-order valence-corrected chi connectivity index (χ2v) is 9.38. The van der Waals surface area contributed by atoms with Crippen LogP contribution >= 0.6 is 0 Å². The Morgan fingerprint density at radius 2 is 1.55 bits per heavy atom. The van der Waals surface area contributed by atoms with Gasteiger partial charge in [0.15, 0.2) is 0 Å². The zero-order valence-corrected chi connectivity index (χ0v) is 18.7. The molecule has 0 N–H and O–H groups in total. The monoisotopic (exact) mass is 394 g/mol. The molecule has 0 heterocycles. The molecule has 0 amide bonds. The van der Waals surface area contributed by atoms with Crippen molar-refractivity contribution in [1.29, 1.82) is 0 Å². The van der Waals surface area contributed by atoms with E-state index in [-0.39, 0.29) is 0 Å². The highest BCUT2D eigenvalue weighted by Crippen LogP contribution is 2.44. The second kappa shape index (κ2) is 12.4. The lowest BCUT2D eigenvalue weighted by atomic mass is 9.68. The van der Waals surface area contributed by atoms with Crippen molar-refractivity contribution in [2.24, 2.45) is 17.8 Å². The average Bonchev–Trinajstić information content (AvgIpc) is 2.78. The molecule has 0 radical (unpaired) electrons. The summed E-state index contributed by atoms with van der Waals surface area (Å²) in [6.45, 7) is 7.46. The fraction of sp³-hybridized carbons (Fsp3) is 0.643. The Labute approximate surface area is 179 Å². The summed E-state index contributed by atoms with van der Waals surface area (Å²) in [7, 11) is 0. The standard InChI is InChI=1S/C28H42O/c1-3-5-7-8-23-9-13-25(14-10-23)27-17-19-28(20-18-27)26-15-11-24(12-16-26)22-29-21-6-4-2/h4-5,7,11-12,15-16,23,25,27-28H,2-3,6,8-10,13-14,17-22H2,1H3/b7-5+/t23-,25-,27?,28?. The number of hydrogen-bond donors (Lipinski definition) is 0. The smallest absolute Gasteiger partial charge is 0.0717 e. The molecule has 0 bridgehead atoms. The highest BCUT2D eigenvalue weighted by Gasteiger charge is 2.30. The average molecular weight is 395 g/mol. The summed E-state index contributed by atoms with van der Waals surface area (Å²) in [6.07, 6.45) is 21.7. The summed E-state index contributed by atoms with van der Waals surface area (Å²) in [5, 5.41) is 0. The molecule has 0 saturated heterocycles. The first-order valence-corrected chi connectivity index (χ1v) is 12.2. The van der Waals surface area contributed by atoms with Crippen LogP contribution in [0.25, 0.3) is 0 Å². The lowest BCUT2D eigenvalue weighted by molar-refractivity contribution is 0.125. The molecule has 1 aromatic carbocycles. The minimum absolute atomic E-state index is 0.720. The Bertz CT molecular complexity index is 598. The van der Waals surface area contributed by atoms with Gasteiger partial charge in [0.05, 0.1) is 13.2 Å². The maximum absolute atomic E-state index is 5.69. The number of benzene rings is 1. The topological polar surface area (TPSA) is 9.23 Å². The molecule has 0 atom stereocenters. The van der Waals surface area contributed by atoms with Crippen molar-refractivity contribution < 1.29 is 4.74 Å². The molecule has 0 unspecified atom stereocenters. The van der Waals surface area contributed by atoms with Crippen molar-refractivity contribution in [3.05, 3.63) is 60.2 Å². The van der Waals surface area contributed by atoms with Gasteiger partial charge in [-0.05, 0) is 105 Å². The molecule has 2 aliphatic rings. The van der Waals surface area contributed by atoms with E-state index in [9.17, 15) is 0 Å². The maximum Gasteiger partial charge on any atom is 0.0717 e. The third-order valence-electron chi connectivity index (χ3n) is 7.39. The Balaban J connectivity index is 1.38. The molecular weight excluding hydrogens is 352 g/mol. The first-order chi connectivity index (χ1) is 14.3. The fourth-order valence-corrected chi connectivity index (χ4v) is 5.52. The molecule has 0 aromatic heterocycles. The lowest BCUT2D eigenvalue weighted by Crippen LogP contribution is -2.25. The van der Waals surface area contributed by atoms with Crippen LogP contribution in [0.4, 0.5) is 0 Å². The molecule has 2 aliphatic carbocycles. The molecule has 2 fully saturated rings. The summed E-state index contributed by atoms with van der Waals surface area (Å²) < 4.78 is 5.69. The normalized spacial score (nSPS) is 27.9. The van der Waals surface area contributed by atoms with Gasteiger partial charge in [-0.25, -0.2) is 0 Å². The van der Waals surface area contributed by atoms with Crippen molar-refractivity contribution >= 4 is 0 Å². The zero-order valence-electron chi connectivity index (χ0n) is 18.7. The van der Waals surface area contributed by atoms with Crippen LogP contribution in [0.15, 0.2) is 49.1 Å². The van der Waals surface area contributed by atoms with E-state index < -0.39 is 0 Å². The third kappa shape index (κ3) is 7.14. The number of allylic oxidation sites excluding steroid dienone is 2. The highest BCUT2D eigenvalue weighted by molar-refractivity contribution is 5.25. The molecule has 1 nitrogen and oxygen atoms in total. The van der Waals surface area contributed by atoms with Crippen LogP contribution in [0.3, 0.4) is 0 Å². The molecule has 29 heavy (non-hydrogen) atoms. The summed E-state index contributed by atoms with van der Waals surface area (Å²) in [5.74, 6) is 3.75. The molecule has 1 aromatic rings. The Kier molecular flexibility index (Phi) is 9.54. The van der Waals surface area contributed by atoms with E-state index in [2.05, 4.69) is 49.9 Å². The molecular formula is C28H42O. The van der Waals surface area contributed by atoms with Crippen LogP contribution in [0.2, 0.25) is 0 Å². The van der Waals surface area contributed by atoms with Gasteiger partial charge in [-0.15, -0.1) is 6.58 Å². The van der Waals surface area contributed by atoms with Crippen LogP contribution in [0.1, 0.15) is 94.6 Å². The first-order valence-electron chi connectivity index (χ1n) is 12.2. The maximum atomic E-state index is 5.69. The largest absolute Gasteiger partial charge is 0.376 e. The minimum Gasteiger partial charge on any atom is -0.376 e. The fourth-order valence-electron chi connectivity index (χ4n) is 5.52. The van der Waals surface area contributed by atoms with Crippen molar-refractivity contribution in [2.75, 3.05) is 6.61 Å². The van der Waals surface area contributed by atoms with Gasteiger partial charge in [0.25, 0.3) is 0 Å². The molecule has 1 heteroatoms. The number of ether oxygens (including phenoxy) is 1. The van der Waals surface area contributed by atoms with Crippen LogP contribution in [-0.2, 0) is 11.3 Å². The summed E-state index contributed by atoms with van der Waals surface area (Å²) in [4.78, 5) is 0. The quantitative estimate of drug-likeness (QED) is 0.287. The van der Waals surface area contributed by atoms with Crippen molar-refractivity contribution in [3.63, 3.8) is 0 Å². The van der Waals surface area contributed by atoms with Crippen molar-refractivity contribution in [3.8, 4) is 0 Å². The van der Waals surface area contributed by atoms with Crippen LogP contribution < -0.4 is 0 Å². The highest BCUT2D eigenvalue weighted by atomic mass is 16.5. The van der Waals surface area contributed by atoms with Crippen molar-refractivity contribution in [2.45, 2.75) is 90.1 Å². The minimum atomic E-state index is 0.720. The Morgan fingerprint density at radius 1 is 0.897 bits per heavy atom. The SMILES string of the molecule is C=CCCOCc1ccc(C2CCC([C@H]3CC[C@H](C/C=C/CC)CC3)CC2)cc1. The van der Waals surface area contributed by atoms with Crippen LogP contribution in [0.5, 0.6) is 0 Å².